The van der Waals surface area contributed by atoms with Gasteiger partial charge in [-0.25, -0.2) is 0 Å². The summed E-state index contributed by atoms with van der Waals surface area (Å²) in [6, 6.07) is 11.8. The third-order valence-electron chi connectivity index (χ3n) is 8.25. The minimum atomic E-state index is -0.0338. The summed E-state index contributed by atoms with van der Waals surface area (Å²) in [5.74, 6) is 0.681. The Morgan fingerprint density at radius 2 is 1.76 bits per heavy atom. The van der Waals surface area contributed by atoms with Crippen LogP contribution in [0.2, 0.25) is 0 Å². The number of hydrogen-bond donors (Lipinski definition) is 2. The lowest BCUT2D eigenvalue weighted by molar-refractivity contribution is 0.0956. The molecule has 184 valence electrons. The number of piperidine rings is 1. The van der Waals surface area contributed by atoms with Crippen molar-refractivity contribution in [1.29, 1.82) is 0 Å². The molecule has 0 spiro atoms. The summed E-state index contributed by atoms with van der Waals surface area (Å²) in [6.45, 7) is 4.33. The average molecular weight is 464 g/mol. The van der Waals surface area contributed by atoms with Crippen LogP contribution in [0.5, 0.6) is 0 Å². The maximum absolute atomic E-state index is 12.7. The zero-order valence-corrected chi connectivity index (χ0v) is 20.8. The number of amides is 1. The Morgan fingerprint density at radius 3 is 2.50 bits per heavy atom. The number of fused-ring (bicyclic) bond motifs is 1. The van der Waals surface area contributed by atoms with E-state index in [1.54, 1.807) is 7.05 Å². The molecule has 2 heterocycles. The molecule has 1 saturated carbocycles. The average Bonchev–Trinajstić information content (AvgIpc) is 3.23. The van der Waals surface area contributed by atoms with Gasteiger partial charge in [0.05, 0.1) is 0 Å². The highest BCUT2D eigenvalue weighted by atomic mass is 16.1. The van der Waals surface area contributed by atoms with E-state index in [2.05, 4.69) is 50.5 Å². The molecule has 1 aromatic heterocycles. The minimum absolute atomic E-state index is 0.0338. The fraction of sp³-hybridized carbons (Fsp3) is 0.643. The third-order valence-corrected chi connectivity index (χ3v) is 8.25. The summed E-state index contributed by atoms with van der Waals surface area (Å²) in [6.07, 6.45) is 12.1. The van der Waals surface area contributed by atoms with E-state index in [1.807, 2.05) is 0 Å². The van der Waals surface area contributed by atoms with Gasteiger partial charge in [-0.3, -0.25) is 14.4 Å². The van der Waals surface area contributed by atoms with Crippen LogP contribution in [0, 0.1) is 5.92 Å². The second-order valence-corrected chi connectivity index (χ2v) is 10.7. The molecule has 2 aromatic rings. The first-order valence-electron chi connectivity index (χ1n) is 13.5. The van der Waals surface area contributed by atoms with Gasteiger partial charge in [0, 0.05) is 43.5 Å². The summed E-state index contributed by atoms with van der Waals surface area (Å²) in [5.41, 5.74) is 4.58. The van der Waals surface area contributed by atoms with Gasteiger partial charge in [-0.05, 0) is 69.5 Å². The number of hydrogen-bond acceptors (Lipinski definition) is 4. The molecule has 0 radical (unpaired) electrons. The van der Waals surface area contributed by atoms with Crippen LogP contribution in [-0.2, 0) is 25.9 Å². The van der Waals surface area contributed by atoms with Gasteiger partial charge in [-0.15, -0.1) is 0 Å². The second-order valence-electron chi connectivity index (χ2n) is 10.7. The fourth-order valence-corrected chi connectivity index (χ4v) is 6.33. The number of benzene rings is 1. The van der Waals surface area contributed by atoms with Crippen LogP contribution in [0.1, 0.15) is 78.7 Å². The van der Waals surface area contributed by atoms with E-state index in [0.717, 1.165) is 45.4 Å². The molecule has 5 rings (SSSR count). The van der Waals surface area contributed by atoms with Crippen LogP contribution in [0.25, 0.3) is 0 Å². The first kappa shape index (κ1) is 23.6. The van der Waals surface area contributed by atoms with E-state index < -0.39 is 0 Å². The highest BCUT2D eigenvalue weighted by molar-refractivity contribution is 5.93. The summed E-state index contributed by atoms with van der Waals surface area (Å²) in [4.78, 5) is 15.2. The van der Waals surface area contributed by atoms with Gasteiger partial charge in [-0.2, -0.15) is 5.10 Å². The summed E-state index contributed by atoms with van der Waals surface area (Å²) in [5, 5.41) is 11.6. The summed E-state index contributed by atoms with van der Waals surface area (Å²) in [7, 11) is 1.72. The van der Waals surface area contributed by atoms with Crippen molar-refractivity contribution in [3.8, 4) is 0 Å². The van der Waals surface area contributed by atoms with Gasteiger partial charge >= 0.3 is 0 Å². The maximum atomic E-state index is 12.7. The normalized spacial score (nSPS) is 22.4. The van der Waals surface area contributed by atoms with E-state index in [0.29, 0.717) is 23.7 Å². The summed E-state index contributed by atoms with van der Waals surface area (Å²) >= 11 is 0. The molecule has 1 saturated heterocycles. The number of nitrogens with zero attached hydrogens (tertiary/aromatic N) is 3. The van der Waals surface area contributed by atoms with Crippen LogP contribution in [0.4, 0.5) is 0 Å². The van der Waals surface area contributed by atoms with Crippen LogP contribution in [0.3, 0.4) is 0 Å². The monoisotopic (exact) mass is 463 g/mol. The molecule has 1 amide bonds. The Bertz CT molecular complexity index is 941. The SMILES string of the molecule is CNC(=O)c1nn(CC2CCCCC2)c2c1C[C@@H](NC1CCN(Cc3ccccc3)CC1)CC2. The van der Waals surface area contributed by atoms with E-state index in [-0.39, 0.29) is 5.91 Å². The van der Waals surface area contributed by atoms with Crippen molar-refractivity contribution in [3.05, 3.63) is 52.8 Å². The zero-order valence-electron chi connectivity index (χ0n) is 20.8. The third kappa shape index (κ3) is 5.55. The zero-order chi connectivity index (χ0) is 23.3. The van der Waals surface area contributed by atoms with Gasteiger partial charge in [0.15, 0.2) is 5.69 Å². The Hall–Kier alpha value is -2.18. The van der Waals surface area contributed by atoms with Crippen LogP contribution in [-0.4, -0.2) is 52.8 Å². The van der Waals surface area contributed by atoms with E-state index in [4.69, 9.17) is 5.10 Å². The van der Waals surface area contributed by atoms with Crippen molar-refractivity contribution in [2.75, 3.05) is 20.1 Å². The van der Waals surface area contributed by atoms with Crippen molar-refractivity contribution < 1.29 is 4.79 Å². The number of nitrogens with one attached hydrogen (secondary N) is 2. The second kappa shape index (κ2) is 11.0. The van der Waals surface area contributed by atoms with Crippen molar-refractivity contribution >= 4 is 5.91 Å². The van der Waals surface area contributed by atoms with Crippen molar-refractivity contribution in [3.63, 3.8) is 0 Å². The van der Waals surface area contributed by atoms with Gasteiger partial charge in [-0.1, -0.05) is 49.6 Å². The van der Waals surface area contributed by atoms with E-state index in [9.17, 15) is 4.79 Å². The molecule has 0 unspecified atom stereocenters. The molecule has 1 atom stereocenters. The molecule has 3 aliphatic rings. The van der Waals surface area contributed by atoms with Gasteiger partial charge in [0.25, 0.3) is 5.91 Å². The standard InChI is InChI=1S/C28H41N5O/c1-29-28(34)27-25-18-24(12-13-26(25)33(31-27)20-22-10-6-3-7-11-22)30-23-14-16-32(17-15-23)19-21-8-4-2-5-9-21/h2,4-5,8-9,22-24,30H,3,6-7,10-20H2,1H3,(H,29,34)/t24-/m0/s1. The highest BCUT2D eigenvalue weighted by Gasteiger charge is 2.31. The number of carbonyl (C=O) groups is 1. The Kier molecular flexibility index (Phi) is 7.65. The molecule has 2 aliphatic carbocycles. The van der Waals surface area contributed by atoms with Gasteiger partial charge in [0.1, 0.15) is 0 Å². The predicted octanol–water partition coefficient (Wildman–Crippen LogP) is 3.93. The topological polar surface area (TPSA) is 62.2 Å². The molecule has 34 heavy (non-hydrogen) atoms. The predicted molar refractivity (Wildman–Crippen MR) is 136 cm³/mol. The van der Waals surface area contributed by atoms with Gasteiger partial charge < -0.3 is 10.6 Å². The molecule has 2 fully saturated rings. The van der Waals surface area contributed by atoms with Gasteiger partial charge in [0.2, 0.25) is 0 Å². The molecule has 6 heteroatoms. The van der Waals surface area contributed by atoms with E-state index in [1.165, 1.54) is 61.8 Å². The molecular weight excluding hydrogens is 422 g/mol. The van der Waals surface area contributed by atoms with E-state index >= 15 is 0 Å². The van der Waals surface area contributed by atoms with Crippen LogP contribution < -0.4 is 10.6 Å². The Labute approximate surface area is 204 Å². The lowest BCUT2D eigenvalue weighted by Gasteiger charge is -2.35. The smallest absolute Gasteiger partial charge is 0.271 e. The Morgan fingerprint density at radius 1 is 1.00 bits per heavy atom. The highest BCUT2D eigenvalue weighted by Crippen LogP contribution is 2.30. The van der Waals surface area contributed by atoms with Crippen molar-refractivity contribution in [2.24, 2.45) is 5.92 Å². The van der Waals surface area contributed by atoms with Crippen molar-refractivity contribution in [2.45, 2.75) is 89.4 Å². The molecular formula is C28H41N5O. The van der Waals surface area contributed by atoms with Crippen LogP contribution in [0.15, 0.2) is 30.3 Å². The quantitative estimate of drug-likeness (QED) is 0.653. The number of rotatable bonds is 7. The maximum Gasteiger partial charge on any atom is 0.271 e. The lowest BCUT2D eigenvalue weighted by Crippen LogP contribution is -2.47. The number of carbonyl (C=O) groups excluding carboxylic acids is 1. The fourth-order valence-electron chi connectivity index (χ4n) is 6.33. The molecule has 1 aliphatic heterocycles. The number of likely N-dealkylation sites (tertiary alicyclic amines) is 1. The molecule has 6 nitrogen and oxygen atoms in total. The number of aromatic nitrogens is 2. The van der Waals surface area contributed by atoms with Crippen LogP contribution >= 0.6 is 0 Å². The lowest BCUT2D eigenvalue weighted by atomic mass is 9.88. The largest absolute Gasteiger partial charge is 0.354 e. The first-order chi connectivity index (χ1) is 16.7. The molecule has 1 aromatic carbocycles. The minimum Gasteiger partial charge on any atom is -0.354 e. The van der Waals surface area contributed by atoms with Crippen molar-refractivity contribution in [1.82, 2.24) is 25.3 Å². The molecule has 0 bridgehead atoms. The Balaban J connectivity index is 1.19. The molecule has 2 N–H and O–H groups in total. The summed E-state index contributed by atoms with van der Waals surface area (Å²) < 4.78 is 2.20. The first-order valence-corrected chi connectivity index (χ1v) is 13.5.